The van der Waals surface area contributed by atoms with Crippen molar-refractivity contribution in [2.45, 2.75) is 31.5 Å². The van der Waals surface area contributed by atoms with Crippen LogP contribution in [0.4, 0.5) is 19.0 Å². The van der Waals surface area contributed by atoms with E-state index in [2.05, 4.69) is 20.3 Å². The van der Waals surface area contributed by atoms with Crippen molar-refractivity contribution in [2.24, 2.45) is 5.41 Å². The van der Waals surface area contributed by atoms with Gasteiger partial charge in [-0.1, -0.05) is 11.6 Å². The SMILES string of the molecule is O=C(c1cc(Cl)ccc1-c1ncccn1)N1CC2(CC2)C[C@H]1CNc1ccc(C(F)(F)F)cn1. The van der Waals surface area contributed by atoms with E-state index in [0.29, 0.717) is 40.9 Å². The molecule has 1 saturated heterocycles. The molecule has 0 unspecified atom stereocenters. The molecule has 34 heavy (non-hydrogen) atoms. The van der Waals surface area contributed by atoms with Gasteiger partial charge >= 0.3 is 6.18 Å². The lowest BCUT2D eigenvalue weighted by Gasteiger charge is -2.26. The molecule has 176 valence electrons. The molecule has 1 N–H and O–H groups in total. The fourth-order valence-electron chi connectivity index (χ4n) is 4.49. The number of amides is 1. The van der Waals surface area contributed by atoms with Crippen molar-refractivity contribution in [3.8, 4) is 11.4 Å². The molecule has 3 aromatic rings. The molecule has 0 radical (unpaired) electrons. The maximum Gasteiger partial charge on any atom is 0.417 e. The van der Waals surface area contributed by atoms with Gasteiger partial charge < -0.3 is 10.2 Å². The Morgan fingerprint density at radius 1 is 1.15 bits per heavy atom. The minimum Gasteiger partial charge on any atom is -0.368 e. The van der Waals surface area contributed by atoms with E-state index in [1.807, 2.05) is 4.90 Å². The van der Waals surface area contributed by atoms with Crippen LogP contribution >= 0.6 is 11.6 Å². The van der Waals surface area contributed by atoms with Crippen molar-refractivity contribution in [3.63, 3.8) is 0 Å². The highest BCUT2D eigenvalue weighted by Gasteiger charge is 2.53. The molecule has 3 heterocycles. The first-order chi connectivity index (χ1) is 16.2. The van der Waals surface area contributed by atoms with Crippen LogP contribution in [0.5, 0.6) is 0 Å². The molecule has 1 saturated carbocycles. The van der Waals surface area contributed by atoms with E-state index in [0.717, 1.165) is 31.5 Å². The van der Waals surface area contributed by atoms with Gasteiger partial charge in [0.15, 0.2) is 5.82 Å². The molecular formula is C24H21ClF3N5O. The van der Waals surface area contributed by atoms with Crippen molar-refractivity contribution in [1.29, 1.82) is 0 Å². The molecule has 5 rings (SSSR count). The molecule has 1 amide bonds. The number of carbonyl (C=O) groups is 1. The van der Waals surface area contributed by atoms with Crippen molar-refractivity contribution >= 4 is 23.3 Å². The number of anilines is 1. The van der Waals surface area contributed by atoms with Crippen LogP contribution in [0, 0.1) is 5.41 Å². The van der Waals surface area contributed by atoms with Crippen molar-refractivity contribution in [2.75, 3.05) is 18.4 Å². The van der Waals surface area contributed by atoms with Gasteiger partial charge in [0.1, 0.15) is 5.82 Å². The quantitative estimate of drug-likeness (QED) is 0.527. The number of aromatic nitrogens is 3. The van der Waals surface area contributed by atoms with Gasteiger partial charge in [-0.25, -0.2) is 15.0 Å². The molecular weight excluding hydrogens is 467 g/mol. The van der Waals surface area contributed by atoms with Crippen LogP contribution < -0.4 is 5.32 Å². The molecule has 2 fully saturated rings. The lowest BCUT2D eigenvalue weighted by atomic mass is 10.0. The molecule has 1 atom stereocenters. The predicted octanol–water partition coefficient (Wildman–Crippen LogP) is 5.32. The number of halogens is 4. The Morgan fingerprint density at radius 3 is 2.56 bits per heavy atom. The third kappa shape index (κ3) is 4.57. The summed E-state index contributed by atoms with van der Waals surface area (Å²) in [4.78, 5) is 28.0. The summed E-state index contributed by atoms with van der Waals surface area (Å²) in [5.41, 5.74) is 0.332. The number of rotatable bonds is 5. The zero-order valence-electron chi connectivity index (χ0n) is 18.0. The standard InChI is InChI=1S/C24H21ClF3N5O/c25-16-3-4-18(21-29-8-1-9-30-21)19(10-16)22(34)33-14-23(6-7-23)11-17(33)13-32-20-5-2-15(12-31-20)24(26,27)28/h1-5,8-10,12,17H,6-7,11,13-14H2,(H,31,32)/t17-/m0/s1. The van der Waals surface area contributed by atoms with Gasteiger partial charge in [0, 0.05) is 48.3 Å². The van der Waals surface area contributed by atoms with E-state index in [-0.39, 0.29) is 17.4 Å². The number of nitrogens with zero attached hydrogens (tertiary/aromatic N) is 4. The second-order valence-corrected chi connectivity index (χ2v) is 9.30. The van der Waals surface area contributed by atoms with Crippen LogP contribution in [0.25, 0.3) is 11.4 Å². The number of hydrogen-bond acceptors (Lipinski definition) is 5. The second kappa shape index (κ2) is 8.54. The number of hydrogen-bond donors (Lipinski definition) is 1. The van der Waals surface area contributed by atoms with Crippen LogP contribution in [0.3, 0.4) is 0 Å². The first-order valence-corrected chi connectivity index (χ1v) is 11.3. The molecule has 0 bridgehead atoms. The Balaban J connectivity index is 1.37. The second-order valence-electron chi connectivity index (χ2n) is 8.86. The molecule has 6 nitrogen and oxygen atoms in total. The monoisotopic (exact) mass is 487 g/mol. The average molecular weight is 488 g/mol. The first kappa shape index (κ1) is 22.6. The number of likely N-dealkylation sites (tertiary alicyclic amines) is 1. The van der Waals surface area contributed by atoms with Crippen LogP contribution in [0.15, 0.2) is 55.0 Å². The van der Waals surface area contributed by atoms with E-state index in [1.54, 1.807) is 36.7 Å². The smallest absolute Gasteiger partial charge is 0.368 e. The fourth-order valence-corrected chi connectivity index (χ4v) is 4.67. The minimum absolute atomic E-state index is 0.109. The van der Waals surface area contributed by atoms with E-state index in [4.69, 9.17) is 11.6 Å². The summed E-state index contributed by atoms with van der Waals surface area (Å²) in [6, 6.07) is 8.94. The number of nitrogens with one attached hydrogen (secondary N) is 1. The van der Waals surface area contributed by atoms with Crippen molar-refractivity contribution < 1.29 is 18.0 Å². The Hall–Kier alpha value is -3.20. The number of benzene rings is 1. The Kier molecular flexibility index (Phi) is 5.67. The van der Waals surface area contributed by atoms with Gasteiger partial charge in [-0.3, -0.25) is 4.79 Å². The van der Waals surface area contributed by atoms with Gasteiger partial charge in [0.05, 0.1) is 11.1 Å². The van der Waals surface area contributed by atoms with E-state index >= 15 is 0 Å². The van der Waals surface area contributed by atoms with Gasteiger partial charge in [-0.05, 0) is 61.1 Å². The van der Waals surface area contributed by atoms with E-state index in [9.17, 15) is 18.0 Å². The number of carbonyl (C=O) groups excluding carboxylic acids is 1. The zero-order valence-corrected chi connectivity index (χ0v) is 18.8. The van der Waals surface area contributed by atoms with E-state index < -0.39 is 11.7 Å². The topological polar surface area (TPSA) is 71.0 Å². The molecule has 2 aliphatic rings. The summed E-state index contributed by atoms with van der Waals surface area (Å²) in [6.07, 6.45) is 2.53. The molecule has 2 aromatic heterocycles. The molecule has 10 heteroatoms. The van der Waals surface area contributed by atoms with Crippen molar-refractivity contribution in [3.05, 3.63) is 71.1 Å². The highest BCUT2D eigenvalue weighted by Crippen LogP contribution is 2.55. The van der Waals surface area contributed by atoms with Crippen LogP contribution in [0.2, 0.25) is 5.02 Å². The lowest BCUT2D eigenvalue weighted by molar-refractivity contribution is -0.137. The Morgan fingerprint density at radius 2 is 1.91 bits per heavy atom. The molecule has 1 aliphatic carbocycles. The maximum absolute atomic E-state index is 13.7. The van der Waals surface area contributed by atoms with Crippen molar-refractivity contribution in [1.82, 2.24) is 19.9 Å². The van der Waals surface area contributed by atoms with Crippen LogP contribution in [0.1, 0.15) is 35.2 Å². The highest BCUT2D eigenvalue weighted by molar-refractivity contribution is 6.31. The lowest BCUT2D eigenvalue weighted by Crippen LogP contribution is -2.40. The van der Waals surface area contributed by atoms with Gasteiger partial charge in [0.25, 0.3) is 5.91 Å². The molecule has 1 aliphatic heterocycles. The van der Waals surface area contributed by atoms with E-state index in [1.165, 1.54) is 6.07 Å². The minimum atomic E-state index is -4.43. The van der Waals surface area contributed by atoms with Crippen LogP contribution in [-0.2, 0) is 6.18 Å². The van der Waals surface area contributed by atoms with Gasteiger partial charge in [-0.15, -0.1) is 0 Å². The Labute approximate surface area is 199 Å². The van der Waals surface area contributed by atoms with Crippen LogP contribution in [-0.4, -0.2) is 44.9 Å². The number of pyridine rings is 1. The Bertz CT molecular complexity index is 1200. The third-order valence-corrected chi connectivity index (χ3v) is 6.70. The summed E-state index contributed by atoms with van der Waals surface area (Å²) in [6.45, 7) is 1.00. The predicted molar refractivity (Wildman–Crippen MR) is 121 cm³/mol. The number of alkyl halides is 3. The summed E-state index contributed by atoms with van der Waals surface area (Å²) in [5.74, 6) is 0.602. The normalized spacial score (nSPS) is 18.8. The van der Waals surface area contributed by atoms with Gasteiger partial charge in [-0.2, -0.15) is 13.2 Å². The summed E-state index contributed by atoms with van der Waals surface area (Å²) < 4.78 is 38.4. The largest absolute Gasteiger partial charge is 0.417 e. The fraction of sp³-hybridized carbons (Fsp3) is 0.333. The molecule has 1 spiro atoms. The maximum atomic E-state index is 13.7. The average Bonchev–Trinajstić information content (AvgIpc) is 3.48. The highest BCUT2D eigenvalue weighted by atomic mass is 35.5. The third-order valence-electron chi connectivity index (χ3n) is 6.46. The zero-order chi connectivity index (χ0) is 23.9. The summed E-state index contributed by atoms with van der Waals surface area (Å²) in [5, 5.41) is 3.54. The van der Waals surface area contributed by atoms with Gasteiger partial charge in [0.2, 0.25) is 0 Å². The summed E-state index contributed by atoms with van der Waals surface area (Å²) in [7, 11) is 0. The summed E-state index contributed by atoms with van der Waals surface area (Å²) >= 11 is 6.23. The molecule has 1 aromatic carbocycles. The first-order valence-electron chi connectivity index (χ1n) is 10.9.